The van der Waals surface area contributed by atoms with Crippen molar-refractivity contribution in [2.75, 3.05) is 0 Å². The number of thiazole rings is 1. The molecule has 0 amide bonds. The van der Waals surface area contributed by atoms with Crippen LogP contribution in [-0.4, -0.2) is 4.98 Å². The highest BCUT2D eigenvalue weighted by Gasteiger charge is 2.08. The van der Waals surface area contributed by atoms with E-state index in [-0.39, 0.29) is 0 Å². The summed E-state index contributed by atoms with van der Waals surface area (Å²) in [6.45, 7) is 2.05. The Balaban J connectivity index is 2.44. The molecular weight excluding hydrogens is 249 g/mol. The molecule has 78 valence electrons. The molecule has 1 heterocycles. The number of halogens is 2. The van der Waals surface area contributed by atoms with Crippen LogP contribution in [0.1, 0.15) is 9.88 Å². The van der Waals surface area contributed by atoms with Crippen LogP contribution in [-0.2, 0) is 5.88 Å². The van der Waals surface area contributed by atoms with Crippen molar-refractivity contribution in [1.29, 1.82) is 0 Å². The molecule has 0 radical (unpaired) electrons. The molecule has 0 fully saturated rings. The number of alkyl halides is 1. The third-order valence-electron chi connectivity index (χ3n) is 2.07. The van der Waals surface area contributed by atoms with Crippen LogP contribution in [0, 0.1) is 6.92 Å². The Morgan fingerprint density at radius 1 is 1.27 bits per heavy atom. The predicted molar refractivity (Wildman–Crippen MR) is 66.9 cm³/mol. The maximum Gasteiger partial charge on any atom is 0.108 e. The van der Waals surface area contributed by atoms with Crippen molar-refractivity contribution < 1.29 is 0 Å². The van der Waals surface area contributed by atoms with Crippen molar-refractivity contribution in [3.8, 4) is 11.3 Å². The van der Waals surface area contributed by atoms with Gasteiger partial charge in [0.05, 0.1) is 11.6 Å². The summed E-state index contributed by atoms with van der Waals surface area (Å²) in [5, 5.41) is 1.70. The summed E-state index contributed by atoms with van der Waals surface area (Å²) in [5.74, 6) is 0.471. The SMILES string of the molecule is Cc1sc(CCl)nc1-c1ccc(Cl)cc1. The van der Waals surface area contributed by atoms with Crippen molar-refractivity contribution in [2.45, 2.75) is 12.8 Å². The summed E-state index contributed by atoms with van der Waals surface area (Å²) >= 11 is 13.2. The van der Waals surface area contributed by atoms with Gasteiger partial charge in [-0.05, 0) is 19.1 Å². The highest BCUT2D eigenvalue weighted by Crippen LogP contribution is 2.28. The van der Waals surface area contributed by atoms with E-state index in [1.54, 1.807) is 11.3 Å². The molecule has 0 aliphatic heterocycles. The van der Waals surface area contributed by atoms with Gasteiger partial charge in [-0.3, -0.25) is 0 Å². The van der Waals surface area contributed by atoms with Gasteiger partial charge in [0.25, 0.3) is 0 Å². The zero-order valence-electron chi connectivity index (χ0n) is 8.13. The summed E-state index contributed by atoms with van der Waals surface area (Å²) < 4.78 is 0. The van der Waals surface area contributed by atoms with Crippen LogP contribution in [0.2, 0.25) is 5.02 Å². The lowest BCUT2D eigenvalue weighted by Crippen LogP contribution is -1.81. The number of nitrogens with zero attached hydrogens (tertiary/aromatic N) is 1. The first-order chi connectivity index (χ1) is 7.20. The molecule has 0 N–H and O–H groups in total. The zero-order chi connectivity index (χ0) is 10.8. The number of aromatic nitrogens is 1. The number of hydrogen-bond donors (Lipinski definition) is 0. The third kappa shape index (κ3) is 2.33. The quantitative estimate of drug-likeness (QED) is 0.722. The second-order valence-electron chi connectivity index (χ2n) is 3.15. The molecule has 0 aliphatic carbocycles. The van der Waals surface area contributed by atoms with Gasteiger partial charge in [-0.1, -0.05) is 23.7 Å². The van der Waals surface area contributed by atoms with E-state index < -0.39 is 0 Å². The van der Waals surface area contributed by atoms with E-state index in [2.05, 4.69) is 11.9 Å². The lowest BCUT2D eigenvalue weighted by Gasteiger charge is -1.98. The molecule has 0 saturated carbocycles. The molecule has 0 spiro atoms. The van der Waals surface area contributed by atoms with Crippen LogP contribution >= 0.6 is 34.5 Å². The smallest absolute Gasteiger partial charge is 0.108 e. The van der Waals surface area contributed by atoms with Crippen molar-refractivity contribution in [3.63, 3.8) is 0 Å². The van der Waals surface area contributed by atoms with E-state index in [4.69, 9.17) is 23.2 Å². The molecule has 4 heteroatoms. The normalized spacial score (nSPS) is 10.6. The summed E-state index contributed by atoms with van der Waals surface area (Å²) in [6.07, 6.45) is 0. The van der Waals surface area contributed by atoms with Gasteiger partial charge in [0.2, 0.25) is 0 Å². The Hall–Kier alpha value is -0.570. The number of hydrogen-bond acceptors (Lipinski definition) is 2. The van der Waals surface area contributed by atoms with Crippen molar-refractivity contribution in [3.05, 3.63) is 39.2 Å². The molecule has 2 rings (SSSR count). The first-order valence-electron chi connectivity index (χ1n) is 4.49. The van der Waals surface area contributed by atoms with Crippen LogP contribution in [0.15, 0.2) is 24.3 Å². The number of rotatable bonds is 2. The lowest BCUT2D eigenvalue weighted by molar-refractivity contribution is 1.25. The molecule has 0 unspecified atom stereocenters. The Bertz CT molecular complexity index is 462. The highest BCUT2D eigenvalue weighted by molar-refractivity contribution is 7.12. The molecule has 2 aromatic rings. The van der Waals surface area contributed by atoms with Gasteiger partial charge < -0.3 is 0 Å². The van der Waals surface area contributed by atoms with Crippen LogP contribution in [0.5, 0.6) is 0 Å². The Morgan fingerprint density at radius 3 is 2.47 bits per heavy atom. The Kier molecular flexibility index (Phi) is 3.29. The van der Waals surface area contributed by atoms with E-state index in [1.807, 2.05) is 24.3 Å². The van der Waals surface area contributed by atoms with E-state index in [0.29, 0.717) is 5.88 Å². The van der Waals surface area contributed by atoms with Crippen LogP contribution < -0.4 is 0 Å². The molecule has 15 heavy (non-hydrogen) atoms. The lowest BCUT2D eigenvalue weighted by atomic mass is 10.1. The number of aryl methyl sites for hydroxylation is 1. The third-order valence-corrected chi connectivity index (χ3v) is 3.71. The number of benzene rings is 1. The topological polar surface area (TPSA) is 12.9 Å². The Labute approximate surface area is 103 Å². The molecule has 0 atom stereocenters. The van der Waals surface area contributed by atoms with Crippen LogP contribution in [0.3, 0.4) is 0 Å². The molecule has 0 saturated heterocycles. The van der Waals surface area contributed by atoms with Crippen molar-refractivity contribution >= 4 is 34.5 Å². The first kappa shape index (κ1) is 10.9. The van der Waals surface area contributed by atoms with Gasteiger partial charge in [0, 0.05) is 15.5 Å². The summed E-state index contributed by atoms with van der Waals surface area (Å²) in [4.78, 5) is 5.66. The van der Waals surface area contributed by atoms with E-state index in [9.17, 15) is 0 Å². The maximum atomic E-state index is 5.83. The summed E-state index contributed by atoms with van der Waals surface area (Å²) in [7, 11) is 0. The molecule has 1 aromatic carbocycles. The minimum Gasteiger partial charge on any atom is -0.240 e. The van der Waals surface area contributed by atoms with Gasteiger partial charge in [-0.15, -0.1) is 22.9 Å². The van der Waals surface area contributed by atoms with Gasteiger partial charge >= 0.3 is 0 Å². The molecule has 1 nitrogen and oxygen atoms in total. The fourth-order valence-electron chi connectivity index (χ4n) is 1.38. The van der Waals surface area contributed by atoms with Gasteiger partial charge in [-0.25, -0.2) is 4.98 Å². The molecule has 1 aromatic heterocycles. The largest absolute Gasteiger partial charge is 0.240 e. The van der Waals surface area contributed by atoms with Gasteiger partial charge in [0.1, 0.15) is 5.01 Å². The second-order valence-corrected chi connectivity index (χ2v) is 5.14. The summed E-state index contributed by atoms with van der Waals surface area (Å²) in [6, 6.07) is 7.69. The first-order valence-corrected chi connectivity index (χ1v) is 6.22. The average Bonchev–Trinajstić information content (AvgIpc) is 2.61. The van der Waals surface area contributed by atoms with Gasteiger partial charge in [-0.2, -0.15) is 0 Å². The monoisotopic (exact) mass is 257 g/mol. The minimum atomic E-state index is 0.471. The Morgan fingerprint density at radius 2 is 1.93 bits per heavy atom. The van der Waals surface area contributed by atoms with Crippen LogP contribution in [0.4, 0.5) is 0 Å². The average molecular weight is 258 g/mol. The fourth-order valence-corrected chi connectivity index (χ4v) is 2.54. The second kappa shape index (κ2) is 4.52. The van der Waals surface area contributed by atoms with E-state index >= 15 is 0 Å². The van der Waals surface area contributed by atoms with Gasteiger partial charge in [0.15, 0.2) is 0 Å². The van der Waals surface area contributed by atoms with E-state index in [1.165, 1.54) is 4.88 Å². The molecule has 0 bridgehead atoms. The molecule has 0 aliphatic rings. The maximum absolute atomic E-state index is 5.83. The van der Waals surface area contributed by atoms with Crippen molar-refractivity contribution in [2.24, 2.45) is 0 Å². The van der Waals surface area contributed by atoms with Crippen molar-refractivity contribution in [1.82, 2.24) is 4.98 Å². The minimum absolute atomic E-state index is 0.471. The zero-order valence-corrected chi connectivity index (χ0v) is 10.5. The predicted octanol–water partition coefficient (Wildman–Crippen LogP) is 4.51. The van der Waals surface area contributed by atoms with Crippen LogP contribution in [0.25, 0.3) is 11.3 Å². The summed E-state index contributed by atoms with van der Waals surface area (Å²) in [5.41, 5.74) is 2.09. The fraction of sp³-hybridized carbons (Fsp3) is 0.182. The van der Waals surface area contributed by atoms with E-state index in [0.717, 1.165) is 21.3 Å². The standard InChI is InChI=1S/C11H9Cl2NS/c1-7-11(14-10(6-12)15-7)8-2-4-9(13)5-3-8/h2-5H,6H2,1H3. The molecular formula is C11H9Cl2NS. The highest BCUT2D eigenvalue weighted by atomic mass is 35.5.